The van der Waals surface area contributed by atoms with Crippen LogP contribution in [-0.2, 0) is 12.3 Å². The van der Waals surface area contributed by atoms with Crippen molar-refractivity contribution in [2.45, 2.75) is 37.3 Å². The monoisotopic (exact) mass is 445 g/mol. The van der Waals surface area contributed by atoms with Gasteiger partial charge in [-0.3, -0.25) is 14.9 Å². The topological polar surface area (TPSA) is 103 Å². The van der Waals surface area contributed by atoms with Gasteiger partial charge in [0.15, 0.2) is 11.0 Å². The summed E-state index contributed by atoms with van der Waals surface area (Å²) in [4.78, 5) is 22.9. The van der Waals surface area contributed by atoms with Gasteiger partial charge in [0.1, 0.15) is 0 Å². The second-order valence-corrected chi connectivity index (χ2v) is 7.82. The summed E-state index contributed by atoms with van der Waals surface area (Å²) < 4.78 is 1.94. The lowest BCUT2D eigenvalue weighted by atomic mass is 10.2. The van der Waals surface area contributed by atoms with Crippen LogP contribution in [0.5, 0.6) is 0 Å². The molecule has 0 radical (unpaired) electrons. The van der Waals surface area contributed by atoms with E-state index in [0.29, 0.717) is 33.9 Å². The van der Waals surface area contributed by atoms with Crippen LogP contribution in [-0.4, -0.2) is 25.6 Å². The maximum absolute atomic E-state index is 12.5. The summed E-state index contributed by atoms with van der Waals surface area (Å²) in [5.41, 5.74) is 1.41. The quantitative estimate of drug-likeness (QED) is 0.307. The summed E-state index contributed by atoms with van der Waals surface area (Å²) in [7, 11) is 0. The number of carbonyl (C=O) groups is 1. The summed E-state index contributed by atoms with van der Waals surface area (Å²) in [6.45, 7) is 4.46. The second kappa shape index (κ2) is 9.73. The molecule has 1 N–H and O–H groups in total. The van der Waals surface area contributed by atoms with Gasteiger partial charge >= 0.3 is 0 Å². The Morgan fingerprint density at radius 1 is 1.23 bits per heavy atom. The molecule has 1 amide bonds. The number of thioether (sulfide) groups is 1. The van der Waals surface area contributed by atoms with Gasteiger partial charge in [-0.2, -0.15) is 0 Å². The molecule has 30 heavy (non-hydrogen) atoms. The maximum atomic E-state index is 12.5. The predicted octanol–water partition coefficient (Wildman–Crippen LogP) is 4.64. The first kappa shape index (κ1) is 21.8. The summed E-state index contributed by atoms with van der Waals surface area (Å²) in [6.07, 6.45) is 0. The lowest BCUT2D eigenvalue weighted by Gasteiger charge is -2.15. The molecule has 2 aromatic carbocycles. The van der Waals surface area contributed by atoms with Gasteiger partial charge in [-0.15, -0.1) is 10.2 Å². The van der Waals surface area contributed by atoms with Crippen molar-refractivity contribution in [1.82, 2.24) is 20.1 Å². The first-order valence-corrected chi connectivity index (χ1v) is 10.6. The van der Waals surface area contributed by atoms with Gasteiger partial charge in [-0.05, 0) is 31.5 Å². The molecular weight excluding hydrogens is 426 g/mol. The molecule has 0 bridgehead atoms. The van der Waals surface area contributed by atoms with E-state index in [0.717, 1.165) is 5.56 Å². The van der Waals surface area contributed by atoms with Crippen molar-refractivity contribution in [3.05, 3.63) is 80.6 Å². The van der Waals surface area contributed by atoms with Crippen molar-refractivity contribution in [1.29, 1.82) is 0 Å². The molecule has 0 saturated heterocycles. The number of benzene rings is 2. The molecule has 10 heteroatoms. The number of rotatable bonds is 8. The smallest absolute Gasteiger partial charge is 0.269 e. The number of nitro groups is 1. The number of amides is 1. The van der Waals surface area contributed by atoms with Crippen LogP contribution in [0.3, 0.4) is 0 Å². The molecule has 0 saturated carbocycles. The van der Waals surface area contributed by atoms with E-state index in [1.165, 1.54) is 23.9 Å². The Bertz CT molecular complexity index is 1050. The molecule has 0 aliphatic heterocycles. The molecule has 8 nitrogen and oxygen atoms in total. The Labute approximate surface area is 182 Å². The lowest BCUT2D eigenvalue weighted by Crippen LogP contribution is -2.29. The average molecular weight is 446 g/mol. The SMILES string of the molecule is CCn1c(SCc2ccc([N+](=O)[O-])cc2)nnc1[C@@H](C)NC(=O)c1ccccc1Cl. The highest BCUT2D eigenvalue weighted by Gasteiger charge is 2.20. The fraction of sp³-hybridized carbons (Fsp3) is 0.250. The Morgan fingerprint density at radius 3 is 2.57 bits per heavy atom. The molecule has 0 unspecified atom stereocenters. The Kier molecular flexibility index (Phi) is 7.07. The van der Waals surface area contributed by atoms with Gasteiger partial charge in [0.2, 0.25) is 0 Å². The van der Waals surface area contributed by atoms with Crippen molar-refractivity contribution in [2.24, 2.45) is 0 Å². The first-order chi connectivity index (χ1) is 14.4. The second-order valence-electron chi connectivity index (χ2n) is 6.47. The lowest BCUT2D eigenvalue weighted by molar-refractivity contribution is -0.384. The van der Waals surface area contributed by atoms with Gasteiger partial charge in [0.25, 0.3) is 11.6 Å². The highest BCUT2D eigenvalue weighted by atomic mass is 35.5. The van der Waals surface area contributed by atoms with Gasteiger partial charge in [-0.25, -0.2) is 0 Å². The van der Waals surface area contributed by atoms with Crippen molar-refractivity contribution in [2.75, 3.05) is 0 Å². The zero-order valence-corrected chi connectivity index (χ0v) is 18.0. The van der Waals surface area contributed by atoms with Crippen LogP contribution in [0.2, 0.25) is 5.02 Å². The number of hydrogen-bond acceptors (Lipinski definition) is 6. The van der Waals surface area contributed by atoms with E-state index in [2.05, 4.69) is 15.5 Å². The van der Waals surface area contributed by atoms with E-state index in [1.54, 1.807) is 36.4 Å². The minimum Gasteiger partial charge on any atom is -0.342 e. The number of halogens is 1. The van der Waals surface area contributed by atoms with Crippen molar-refractivity contribution in [3.63, 3.8) is 0 Å². The minimum atomic E-state index is -0.421. The number of nitro benzene ring substituents is 1. The standard InChI is InChI=1S/C20H20ClN5O3S/c1-3-25-18(13(2)22-19(27)16-6-4-5-7-17(16)21)23-24-20(25)30-12-14-8-10-15(11-9-14)26(28)29/h4-11,13H,3,12H2,1-2H3,(H,22,27)/t13-/m1/s1. The molecule has 3 aromatic rings. The van der Waals surface area contributed by atoms with Gasteiger partial charge in [-0.1, -0.05) is 47.6 Å². The molecular formula is C20H20ClN5O3S. The summed E-state index contributed by atoms with van der Waals surface area (Å²) >= 11 is 7.58. The van der Waals surface area contributed by atoms with Crippen LogP contribution in [0.1, 0.15) is 41.6 Å². The van der Waals surface area contributed by atoms with Gasteiger partial charge < -0.3 is 9.88 Å². The van der Waals surface area contributed by atoms with E-state index in [4.69, 9.17) is 11.6 Å². The largest absolute Gasteiger partial charge is 0.342 e. The van der Waals surface area contributed by atoms with Crippen LogP contribution in [0.15, 0.2) is 53.7 Å². The Hall–Kier alpha value is -2.91. The van der Waals surface area contributed by atoms with E-state index in [1.807, 2.05) is 18.4 Å². The number of hydrogen-bond donors (Lipinski definition) is 1. The molecule has 1 aromatic heterocycles. The number of carbonyl (C=O) groups excluding carboxylic acids is 1. The van der Waals surface area contributed by atoms with Crippen LogP contribution in [0.4, 0.5) is 5.69 Å². The van der Waals surface area contributed by atoms with Gasteiger partial charge in [0, 0.05) is 24.4 Å². The average Bonchev–Trinajstić information content (AvgIpc) is 3.15. The molecule has 3 rings (SSSR count). The Morgan fingerprint density at radius 2 is 1.93 bits per heavy atom. The molecule has 0 spiro atoms. The first-order valence-electron chi connectivity index (χ1n) is 9.25. The van der Waals surface area contributed by atoms with Crippen LogP contribution in [0, 0.1) is 10.1 Å². The van der Waals surface area contributed by atoms with Crippen molar-refractivity contribution < 1.29 is 9.72 Å². The fourth-order valence-corrected chi connectivity index (χ4v) is 4.06. The number of non-ortho nitro benzene ring substituents is 1. The normalized spacial score (nSPS) is 11.8. The third-order valence-electron chi connectivity index (χ3n) is 4.43. The third-order valence-corrected chi connectivity index (χ3v) is 5.80. The Balaban J connectivity index is 1.69. The molecule has 1 atom stereocenters. The van der Waals surface area contributed by atoms with E-state index >= 15 is 0 Å². The van der Waals surface area contributed by atoms with Crippen molar-refractivity contribution in [3.8, 4) is 0 Å². The maximum Gasteiger partial charge on any atom is 0.269 e. The minimum absolute atomic E-state index is 0.0610. The highest BCUT2D eigenvalue weighted by molar-refractivity contribution is 7.98. The number of nitrogens with zero attached hydrogens (tertiary/aromatic N) is 4. The zero-order valence-electron chi connectivity index (χ0n) is 16.4. The van der Waals surface area contributed by atoms with Crippen LogP contribution in [0.25, 0.3) is 0 Å². The summed E-state index contributed by atoms with van der Waals surface area (Å²) in [5, 5.41) is 23.3. The predicted molar refractivity (Wildman–Crippen MR) is 116 cm³/mol. The zero-order chi connectivity index (χ0) is 21.7. The van der Waals surface area contributed by atoms with E-state index < -0.39 is 4.92 Å². The summed E-state index contributed by atoms with van der Waals surface area (Å²) in [5.74, 6) is 0.958. The molecule has 0 aliphatic rings. The van der Waals surface area contributed by atoms with E-state index in [-0.39, 0.29) is 17.6 Å². The van der Waals surface area contributed by atoms with Crippen LogP contribution < -0.4 is 5.32 Å². The molecule has 0 aliphatic carbocycles. The highest BCUT2D eigenvalue weighted by Crippen LogP contribution is 2.25. The third kappa shape index (κ3) is 4.98. The molecule has 156 valence electrons. The molecule has 1 heterocycles. The van der Waals surface area contributed by atoms with Gasteiger partial charge in [0.05, 0.1) is 21.6 Å². The molecule has 0 fully saturated rings. The summed E-state index contributed by atoms with van der Waals surface area (Å²) in [6, 6.07) is 12.9. The fourth-order valence-electron chi connectivity index (χ4n) is 2.87. The number of aromatic nitrogens is 3. The van der Waals surface area contributed by atoms with E-state index in [9.17, 15) is 14.9 Å². The number of nitrogens with one attached hydrogen (secondary N) is 1. The van der Waals surface area contributed by atoms with Crippen molar-refractivity contribution >= 4 is 35.0 Å². The van der Waals surface area contributed by atoms with Crippen LogP contribution >= 0.6 is 23.4 Å².